The van der Waals surface area contributed by atoms with Crippen LogP contribution in [-0.2, 0) is 6.54 Å². The highest BCUT2D eigenvalue weighted by atomic mass is 16.1. The smallest absolute Gasteiger partial charge is 0.254 e. The molecule has 8 nitrogen and oxygen atoms in total. The number of aromatic nitrogens is 3. The predicted octanol–water partition coefficient (Wildman–Crippen LogP) is 2.28. The Morgan fingerprint density at radius 3 is 2.53 bits per heavy atom. The Balaban J connectivity index is 1.40. The minimum absolute atomic E-state index is 0.0979. The lowest BCUT2D eigenvalue weighted by Crippen LogP contribution is -2.44. The number of anilines is 3. The monoisotopic (exact) mass is 401 g/mol. The molecule has 0 bridgehead atoms. The zero-order chi connectivity index (χ0) is 20.5. The van der Waals surface area contributed by atoms with E-state index in [4.69, 9.17) is 0 Å². The Morgan fingerprint density at radius 2 is 1.80 bits per heavy atom. The van der Waals surface area contributed by atoms with Crippen LogP contribution < -0.4 is 15.5 Å². The molecule has 3 aromatic heterocycles. The largest absolute Gasteiger partial charge is 0.368 e. The molecule has 5 rings (SSSR count). The summed E-state index contributed by atoms with van der Waals surface area (Å²) in [6.07, 6.45) is 7.04. The second kappa shape index (κ2) is 7.72. The molecule has 3 aromatic rings. The Hall–Kier alpha value is -3.52. The number of rotatable bonds is 4. The summed E-state index contributed by atoms with van der Waals surface area (Å²) in [5.74, 6) is 0.590. The number of nitrogens with zero attached hydrogens (tertiary/aromatic N) is 5. The molecule has 1 saturated heterocycles. The van der Waals surface area contributed by atoms with Crippen molar-refractivity contribution in [3.63, 3.8) is 0 Å². The van der Waals surface area contributed by atoms with Crippen molar-refractivity contribution in [3.8, 4) is 11.3 Å². The molecular formula is C22H23N7O. The summed E-state index contributed by atoms with van der Waals surface area (Å²) in [4.78, 5) is 30.4. The second-order valence-electron chi connectivity index (χ2n) is 7.61. The van der Waals surface area contributed by atoms with E-state index in [1.54, 1.807) is 18.6 Å². The summed E-state index contributed by atoms with van der Waals surface area (Å²) in [5, 5.41) is 6.19. The average molecular weight is 401 g/mol. The zero-order valence-corrected chi connectivity index (χ0v) is 16.8. The Kier molecular flexibility index (Phi) is 4.76. The molecule has 0 saturated carbocycles. The van der Waals surface area contributed by atoms with Crippen LogP contribution in [0.5, 0.6) is 0 Å². The first-order valence-corrected chi connectivity index (χ1v) is 10.1. The summed E-state index contributed by atoms with van der Waals surface area (Å²) >= 11 is 0. The number of fused-ring (bicyclic) bond motifs is 1. The number of hydrogen-bond acceptors (Lipinski definition) is 7. The van der Waals surface area contributed by atoms with Crippen molar-refractivity contribution in [2.75, 3.05) is 43.4 Å². The van der Waals surface area contributed by atoms with E-state index < -0.39 is 0 Å². The van der Waals surface area contributed by atoms with Crippen LogP contribution in [-0.4, -0.2) is 59.0 Å². The van der Waals surface area contributed by atoms with E-state index in [0.717, 1.165) is 48.7 Å². The van der Waals surface area contributed by atoms with Crippen LogP contribution in [0.25, 0.3) is 11.3 Å². The molecule has 5 heterocycles. The van der Waals surface area contributed by atoms with Crippen LogP contribution in [0.1, 0.15) is 15.9 Å². The molecule has 0 spiro atoms. The lowest BCUT2D eigenvalue weighted by atomic mass is 10.0. The van der Waals surface area contributed by atoms with E-state index >= 15 is 0 Å². The van der Waals surface area contributed by atoms with E-state index in [1.807, 2.05) is 24.4 Å². The summed E-state index contributed by atoms with van der Waals surface area (Å²) in [7, 11) is 2.14. The normalized spacial score (nSPS) is 16.3. The molecule has 2 N–H and O–H groups in total. The van der Waals surface area contributed by atoms with E-state index in [2.05, 4.69) is 48.5 Å². The number of nitrogens with one attached hydrogen (secondary N) is 2. The average Bonchev–Trinajstić information content (AvgIpc) is 3.18. The van der Waals surface area contributed by atoms with Crippen molar-refractivity contribution < 1.29 is 4.79 Å². The van der Waals surface area contributed by atoms with Gasteiger partial charge >= 0.3 is 0 Å². The fourth-order valence-corrected chi connectivity index (χ4v) is 3.94. The summed E-state index contributed by atoms with van der Waals surface area (Å²) in [5.41, 5.74) is 5.04. The zero-order valence-electron chi connectivity index (χ0n) is 16.8. The fraction of sp³-hybridized carbons (Fsp3) is 0.273. The third-order valence-electron chi connectivity index (χ3n) is 5.67. The van der Waals surface area contributed by atoms with E-state index in [-0.39, 0.29) is 5.91 Å². The van der Waals surface area contributed by atoms with Crippen molar-refractivity contribution in [2.24, 2.45) is 0 Å². The quantitative estimate of drug-likeness (QED) is 0.694. The maximum absolute atomic E-state index is 12.5. The molecular weight excluding hydrogens is 378 g/mol. The minimum Gasteiger partial charge on any atom is -0.368 e. The molecule has 1 fully saturated rings. The van der Waals surface area contributed by atoms with E-state index in [0.29, 0.717) is 23.6 Å². The number of amides is 1. The summed E-state index contributed by atoms with van der Waals surface area (Å²) in [6, 6.07) is 7.82. The summed E-state index contributed by atoms with van der Waals surface area (Å²) in [6.45, 7) is 4.57. The Labute approximate surface area is 175 Å². The minimum atomic E-state index is -0.0979. The van der Waals surface area contributed by atoms with Crippen molar-refractivity contribution in [1.29, 1.82) is 0 Å². The van der Waals surface area contributed by atoms with Gasteiger partial charge in [0.25, 0.3) is 5.91 Å². The molecule has 8 heteroatoms. The molecule has 0 radical (unpaired) electrons. The summed E-state index contributed by atoms with van der Waals surface area (Å²) < 4.78 is 0. The van der Waals surface area contributed by atoms with Gasteiger partial charge in [-0.25, -0.2) is 4.98 Å². The first-order valence-electron chi connectivity index (χ1n) is 10.1. The molecule has 0 unspecified atom stereocenters. The Bertz CT molecular complexity index is 1060. The Morgan fingerprint density at radius 1 is 1.00 bits per heavy atom. The van der Waals surface area contributed by atoms with Gasteiger partial charge in [0, 0.05) is 56.2 Å². The number of hydrogen-bond donors (Lipinski definition) is 2. The van der Waals surface area contributed by atoms with Crippen molar-refractivity contribution >= 4 is 23.1 Å². The predicted molar refractivity (Wildman–Crippen MR) is 116 cm³/mol. The number of carbonyl (C=O) groups excluding carboxylic acids is 1. The maximum Gasteiger partial charge on any atom is 0.254 e. The van der Waals surface area contributed by atoms with Gasteiger partial charge in [-0.3, -0.25) is 14.8 Å². The fourth-order valence-electron chi connectivity index (χ4n) is 3.94. The van der Waals surface area contributed by atoms with Gasteiger partial charge < -0.3 is 20.4 Å². The van der Waals surface area contributed by atoms with Crippen LogP contribution in [0.15, 0.2) is 49.1 Å². The van der Waals surface area contributed by atoms with Crippen molar-refractivity contribution in [2.45, 2.75) is 6.54 Å². The van der Waals surface area contributed by atoms with E-state index in [9.17, 15) is 4.79 Å². The highest BCUT2D eigenvalue weighted by Gasteiger charge is 2.27. The first-order chi connectivity index (χ1) is 14.7. The lowest BCUT2D eigenvalue weighted by Gasteiger charge is -2.33. The van der Waals surface area contributed by atoms with Gasteiger partial charge in [0.15, 0.2) is 0 Å². The van der Waals surface area contributed by atoms with Crippen molar-refractivity contribution in [3.05, 3.63) is 60.2 Å². The molecule has 30 heavy (non-hydrogen) atoms. The van der Waals surface area contributed by atoms with Crippen LogP contribution >= 0.6 is 0 Å². The molecule has 0 atom stereocenters. The third-order valence-corrected chi connectivity index (χ3v) is 5.67. The number of likely N-dealkylation sites (N-methyl/N-ethyl adjacent to an activating group) is 1. The van der Waals surface area contributed by atoms with Gasteiger partial charge in [-0.1, -0.05) is 0 Å². The standard InChI is InChI=1S/C22H23N7O/c1-28-8-10-29(11-9-28)16-2-3-19(24-12-16)27-18-14-25-21(15-4-6-23-7-5-15)17-13-26-22(30)20(17)18/h2-7,12,14H,8-11,13H2,1H3,(H,24,27)(H,26,30). The number of pyridine rings is 3. The topological polar surface area (TPSA) is 86.3 Å². The number of piperazine rings is 1. The molecule has 0 aliphatic carbocycles. The van der Waals surface area contributed by atoms with E-state index in [1.165, 1.54) is 0 Å². The molecule has 2 aliphatic rings. The molecule has 152 valence electrons. The van der Waals surface area contributed by atoms with Gasteiger partial charge in [0.1, 0.15) is 5.82 Å². The van der Waals surface area contributed by atoms with Gasteiger partial charge in [0.2, 0.25) is 0 Å². The molecule has 1 amide bonds. The van der Waals surface area contributed by atoms with Crippen LogP contribution in [0.3, 0.4) is 0 Å². The number of carbonyl (C=O) groups is 1. The van der Waals surface area contributed by atoms with Crippen LogP contribution in [0.2, 0.25) is 0 Å². The van der Waals surface area contributed by atoms with Crippen LogP contribution in [0.4, 0.5) is 17.2 Å². The third kappa shape index (κ3) is 3.46. The lowest BCUT2D eigenvalue weighted by molar-refractivity contribution is 0.0966. The van der Waals surface area contributed by atoms with Gasteiger partial charge in [-0.2, -0.15) is 0 Å². The SMILES string of the molecule is CN1CCN(c2ccc(Nc3cnc(-c4ccncc4)c4c3C(=O)NC4)nc2)CC1. The maximum atomic E-state index is 12.5. The van der Waals surface area contributed by atoms with Gasteiger partial charge in [-0.15, -0.1) is 0 Å². The van der Waals surface area contributed by atoms with Gasteiger partial charge in [-0.05, 0) is 31.3 Å². The van der Waals surface area contributed by atoms with Crippen LogP contribution in [0, 0.1) is 0 Å². The second-order valence-corrected chi connectivity index (χ2v) is 7.61. The van der Waals surface area contributed by atoms with Gasteiger partial charge in [0.05, 0.1) is 35.0 Å². The molecule has 2 aliphatic heterocycles. The molecule has 0 aromatic carbocycles. The first kappa shape index (κ1) is 18.5. The highest BCUT2D eigenvalue weighted by molar-refractivity contribution is 6.05. The highest BCUT2D eigenvalue weighted by Crippen LogP contribution is 2.33. The van der Waals surface area contributed by atoms with Crippen molar-refractivity contribution in [1.82, 2.24) is 25.2 Å².